The number of amides is 2. The van der Waals surface area contributed by atoms with Gasteiger partial charge in [0.2, 0.25) is 5.91 Å². The van der Waals surface area contributed by atoms with Crippen LogP contribution in [0.15, 0.2) is 48.5 Å². The highest BCUT2D eigenvalue weighted by Gasteiger charge is 2.40. The second-order valence-corrected chi connectivity index (χ2v) is 12.0. The third-order valence-electron chi connectivity index (χ3n) is 9.19. The molecule has 1 saturated carbocycles. The van der Waals surface area contributed by atoms with E-state index in [1.807, 2.05) is 12.1 Å². The maximum absolute atomic E-state index is 13.9. The first-order chi connectivity index (χ1) is 19.9. The number of likely N-dealkylation sites (tertiary alicyclic amines) is 1. The number of piperidine rings is 1. The largest absolute Gasteiger partial charge is 0.497 e. The van der Waals surface area contributed by atoms with E-state index in [0.717, 1.165) is 64.6 Å². The van der Waals surface area contributed by atoms with Crippen LogP contribution < -0.4 is 15.8 Å². The van der Waals surface area contributed by atoms with Crippen molar-refractivity contribution in [3.8, 4) is 5.75 Å². The number of carbonyl (C=O) groups excluding carboxylic acids is 2. The van der Waals surface area contributed by atoms with Crippen molar-refractivity contribution in [1.82, 2.24) is 15.1 Å². The molecule has 222 valence electrons. The molecule has 0 radical (unpaired) electrons. The van der Waals surface area contributed by atoms with Crippen LogP contribution in [0, 0.1) is 6.92 Å². The Morgan fingerprint density at radius 2 is 1.88 bits per heavy atom. The van der Waals surface area contributed by atoms with E-state index in [4.69, 9.17) is 15.2 Å². The lowest BCUT2D eigenvalue weighted by Crippen LogP contribution is -2.59. The summed E-state index contributed by atoms with van der Waals surface area (Å²) in [6, 6.07) is 15.6. The Hall–Kier alpha value is -2.94. The lowest BCUT2D eigenvalue weighted by Gasteiger charge is -2.44. The highest BCUT2D eigenvalue weighted by atomic mass is 16.5. The molecule has 2 aromatic rings. The molecule has 3 N–H and O–H groups in total. The first kappa shape index (κ1) is 29.5. The second kappa shape index (κ2) is 13.8. The predicted molar refractivity (Wildman–Crippen MR) is 160 cm³/mol. The van der Waals surface area contributed by atoms with Gasteiger partial charge in [-0.1, -0.05) is 30.3 Å². The first-order valence-electron chi connectivity index (χ1n) is 15.3. The van der Waals surface area contributed by atoms with Crippen molar-refractivity contribution in [3.63, 3.8) is 0 Å². The Bertz CT molecular complexity index is 1180. The third kappa shape index (κ3) is 7.48. The van der Waals surface area contributed by atoms with Crippen molar-refractivity contribution in [2.45, 2.75) is 95.1 Å². The smallest absolute Gasteiger partial charge is 0.254 e. The number of benzene rings is 2. The zero-order chi connectivity index (χ0) is 28.8. The fourth-order valence-corrected chi connectivity index (χ4v) is 6.65. The van der Waals surface area contributed by atoms with Gasteiger partial charge in [-0.2, -0.15) is 0 Å². The molecule has 2 aromatic carbocycles. The van der Waals surface area contributed by atoms with Crippen molar-refractivity contribution in [2.24, 2.45) is 5.73 Å². The third-order valence-corrected chi connectivity index (χ3v) is 9.19. The zero-order valence-corrected chi connectivity index (χ0v) is 24.6. The lowest BCUT2D eigenvalue weighted by atomic mass is 9.90. The van der Waals surface area contributed by atoms with Crippen LogP contribution in [0.1, 0.15) is 72.9 Å². The topological polar surface area (TPSA) is 97.1 Å². The van der Waals surface area contributed by atoms with E-state index in [2.05, 4.69) is 41.4 Å². The average molecular weight is 563 g/mol. The Balaban J connectivity index is 1.38. The number of hydrogen-bond acceptors (Lipinski definition) is 6. The number of hydrogen-bond donors (Lipinski definition) is 2. The molecule has 3 atom stereocenters. The summed E-state index contributed by atoms with van der Waals surface area (Å²) in [5.74, 6) is 0.448. The standard InChI is InChI=1S/C33H46N4O4/c1-23-7-3-4-8-25(23)21-36(22-30-11-6-18-41-30)28-16-17-37(33(39)24-9-5-10-29(19-24)40-2)31(20-28)32(38)35-27-14-12-26(34)13-15-27/h3-5,7-10,19,26-28,30-31H,6,11-18,20-22,34H2,1-2H3,(H,35,38)/t26?,27?,28?,30?,31-/m1/s1. The molecular weight excluding hydrogens is 516 g/mol. The molecular formula is C33H46N4O4. The van der Waals surface area contributed by atoms with E-state index in [9.17, 15) is 9.59 Å². The van der Waals surface area contributed by atoms with Crippen molar-refractivity contribution in [2.75, 3.05) is 26.8 Å². The van der Waals surface area contributed by atoms with Crippen LogP contribution >= 0.6 is 0 Å². The minimum atomic E-state index is -0.549. The fourth-order valence-electron chi connectivity index (χ4n) is 6.65. The van der Waals surface area contributed by atoms with E-state index in [1.165, 1.54) is 11.1 Å². The summed E-state index contributed by atoms with van der Waals surface area (Å²) in [6.45, 7) is 5.12. The fraction of sp³-hybridized carbons (Fsp3) is 0.576. The molecule has 5 rings (SSSR count). The molecule has 41 heavy (non-hydrogen) atoms. The quantitative estimate of drug-likeness (QED) is 0.479. The summed E-state index contributed by atoms with van der Waals surface area (Å²) < 4.78 is 11.4. The second-order valence-electron chi connectivity index (χ2n) is 12.0. The van der Waals surface area contributed by atoms with Crippen molar-refractivity contribution in [3.05, 3.63) is 65.2 Å². The molecule has 2 saturated heterocycles. The summed E-state index contributed by atoms with van der Waals surface area (Å²) >= 11 is 0. The van der Waals surface area contributed by atoms with Gasteiger partial charge in [0.05, 0.1) is 13.2 Å². The van der Waals surface area contributed by atoms with Gasteiger partial charge >= 0.3 is 0 Å². The van der Waals surface area contributed by atoms with Crippen LogP contribution in [0.25, 0.3) is 0 Å². The summed E-state index contributed by atoms with van der Waals surface area (Å²) in [5.41, 5.74) is 9.22. The van der Waals surface area contributed by atoms with E-state index >= 15 is 0 Å². The minimum absolute atomic E-state index is 0.0561. The van der Waals surface area contributed by atoms with Gasteiger partial charge in [0, 0.05) is 49.9 Å². The molecule has 0 spiro atoms. The predicted octanol–water partition coefficient (Wildman–Crippen LogP) is 4.04. The highest BCUT2D eigenvalue weighted by molar-refractivity contribution is 5.98. The van der Waals surface area contributed by atoms with E-state index in [0.29, 0.717) is 24.3 Å². The summed E-state index contributed by atoms with van der Waals surface area (Å²) in [4.78, 5) is 32.1. The van der Waals surface area contributed by atoms with E-state index < -0.39 is 6.04 Å². The normalized spacial score (nSPS) is 26.6. The zero-order valence-electron chi connectivity index (χ0n) is 24.6. The monoisotopic (exact) mass is 562 g/mol. The molecule has 2 heterocycles. The SMILES string of the molecule is COc1cccc(C(=O)N2CCC(N(Cc3ccccc3C)CC3CCCO3)C[C@@H]2C(=O)NC2CCC(N)CC2)c1. The Kier molecular flexibility index (Phi) is 9.96. The average Bonchev–Trinajstić information content (AvgIpc) is 3.51. The Morgan fingerprint density at radius 3 is 2.61 bits per heavy atom. The molecule has 8 nitrogen and oxygen atoms in total. The van der Waals surface area contributed by atoms with Crippen LogP contribution in [-0.4, -0.2) is 78.7 Å². The molecule has 2 amide bonds. The Morgan fingerprint density at radius 1 is 1.07 bits per heavy atom. The maximum Gasteiger partial charge on any atom is 0.254 e. The molecule has 0 aromatic heterocycles. The van der Waals surface area contributed by atoms with Gasteiger partial charge in [-0.05, 0) is 87.6 Å². The molecule has 2 aliphatic heterocycles. The van der Waals surface area contributed by atoms with Gasteiger partial charge in [0.25, 0.3) is 5.91 Å². The van der Waals surface area contributed by atoms with E-state index in [1.54, 1.807) is 24.1 Å². The van der Waals surface area contributed by atoms with Crippen LogP contribution in [0.5, 0.6) is 5.75 Å². The summed E-state index contributed by atoms with van der Waals surface area (Å²) in [5, 5.41) is 3.30. The summed E-state index contributed by atoms with van der Waals surface area (Å²) in [6.07, 6.45) is 7.33. The number of nitrogens with two attached hydrogens (primary N) is 1. The van der Waals surface area contributed by atoms with Crippen LogP contribution in [0.3, 0.4) is 0 Å². The number of rotatable bonds is 9. The molecule has 3 aliphatic rings. The Labute approximate surface area is 244 Å². The molecule has 8 heteroatoms. The van der Waals surface area contributed by atoms with Gasteiger partial charge in [-0.25, -0.2) is 0 Å². The molecule has 0 bridgehead atoms. The van der Waals surface area contributed by atoms with Crippen LogP contribution in [-0.2, 0) is 16.1 Å². The van der Waals surface area contributed by atoms with Crippen molar-refractivity contribution < 1.29 is 19.1 Å². The minimum Gasteiger partial charge on any atom is -0.497 e. The molecule has 1 aliphatic carbocycles. The number of carbonyl (C=O) groups is 2. The maximum atomic E-state index is 13.9. The molecule has 2 unspecified atom stereocenters. The van der Waals surface area contributed by atoms with Crippen LogP contribution in [0.2, 0.25) is 0 Å². The van der Waals surface area contributed by atoms with Gasteiger partial charge in [0.15, 0.2) is 0 Å². The number of nitrogens with zero attached hydrogens (tertiary/aromatic N) is 2. The number of ether oxygens (including phenoxy) is 2. The van der Waals surface area contributed by atoms with Gasteiger partial charge in [-0.3, -0.25) is 14.5 Å². The summed E-state index contributed by atoms with van der Waals surface area (Å²) in [7, 11) is 1.60. The lowest BCUT2D eigenvalue weighted by molar-refractivity contribution is -0.128. The van der Waals surface area contributed by atoms with Crippen molar-refractivity contribution in [1.29, 1.82) is 0 Å². The number of methoxy groups -OCH3 is 1. The number of nitrogens with one attached hydrogen (secondary N) is 1. The van der Waals surface area contributed by atoms with Gasteiger partial charge < -0.3 is 25.4 Å². The van der Waals surface area contributed by atoms with E-state index in [-0.39, 0.29) is 36.0 Å². The van der Waals surface area contributed by atoms with Gasteiger partial charge in [0.1, 0.15) is 11.8 Å². The highest BCUT2D eigenvalue weighted by Crippen LogP contribution is 2.29. The van der Waals surface area contributed by atoms with Gasteiger partial charge in [-0.15, -0.1) is 0 Å². The molecule has 3 fully saturated rings. The first-order valence-corrected chi connectivity index (χ1v) is 15.3. The van der Waals surface area contributed by atoms with Crippen molar-refractivity contribution >= 4 is 11.8 Å². The van der Waals surface area contributed by atoms with Crippen LogP contribution in [0.4, 0.5) is 0 Å². The number of aryl methyl sites for hydroxylation is 1.